The Labute approximate surface area is 208 Å². The first-order valence-electron chi connectivity index (χ1n) is 13.4. The summed E-state index contributed by atoms with van der Waals surface area (Å²) in [5, 5.41) is 7.58. The first kappa shape index (κ1) is 22.8. The molecule has 186 valence electrons. The highest BCUT2D eigenvalue weighted by Crippen LogP contribution is 2.65. The molecule has 4 aliphatic rings. The minimum atomic E-state index is -0.644. The van der Waals surface area contributed by atoms with Crippen LogP contribution in [-0.4, -0.2) is 33.4 Å². The van der Waals surface area contributed by atoms with Gasteiger partial charge in [0, 0.05) is 24.4 Å². The monoisotopic (exact) mass is 474 g/mol. The van der Waals surface area contributed by atoms with Crippen LogP contribution >= 0.6 is 0 Å². The van der Waals surface area contributed by atoms with Crippen LogP contribution in [0.25, 0.3) is 5.52 Å². The van der Waals surface area contributed by atoms with Crippen LogP contribution in [0.4, 0.5) is 0 Å². The van der Waals surface area contributed by atoms with E-state index in [4.69, 9.17) is 0 Å². The molecular weight excluding hydrogens is 436 g/mol. The zero-order valence-electron chi connectivity index (χ0n) is 21.5. The minimum Gasteiger partial charge on any atom is -0.350 e. The van der Waals surface area contributed by atoms with Gasteiger partial charge in [0.2, 0.25) is 11.8 Å². The second kappa shape index (κ2) is 7.94. The van der Waals surface area contributed by atoms with Gasteiger partial charge in [-0.1, -0.05) is 31.9 Å². The molecule has 1 saturated heterocycles. The smallest absolute Gasteiger partial charge is 0.239 e. The van der Waals surface area contributed by atoms with Crippen molar-refractivity contribution in [2.45, 2.75) is 72.3 Å². The average Bonchev–Trinajstić information content (AvgIpc) is 3.43. The Kier molecular flexibility index (Phi) is 5.17. The lowest BCUT2D eigenvalue weighted by Crippen LogP contribution is -2.58. The van der Waals surface area contributed by atoms with E-state index in [-0.39, 0.29) is 17.2 Å². The highest BCUT2D eigenvalue weighted by molar-refractivity contribution is 6.01. The Morgan fingerprint density at radius 1 is 1.20 bits per heavy atom. The van der Waals surface area contributed by atoms with Crippen LogP contribution in [0.3, 0.4) is 0 Å². The van der Waals surface area contributed by atoms with E-state index in [1.165, 1.54) is 43.4 Å². The van der Waals surface area contributed by atoms with Crippen LogP contribution in [0.15, 0.2) is 41.7 Å². The number of hydrogen-bond donors (Lipinski definition) is 1. The maximum absolute atomic E-state index is 13.5. The number of pyridine rings is 1. The van der Waals surface area contributed by atoms with Gasteiger partial charge in [-0.3, -0.25) is 9.59 Å². The quantitative estimate of drug-likeness (QED) is 0.641. The molecule has 6 nitrogen and oxygen atoms in total. The zero-order valence-corrected chi connectivity index (χ0v) is 21.5. The van der Waals surface area contributed by atoms with Gasteiger partial charge in [0.05, 0.1) is 17.8 Å². The number of piperidine rings is 1. The van der Waals surface area contributed by atoms with Gasteiger partial charge in [-0.2, -0.15) is 5.10 Å². The lowest BCUT2D eigenvalue weighted by atomic mass is 9.48. The van der Waals surface area contributed by atoms with E-state index in [1.54, 1.807) is 0 Å². The van der Waals surface area contributed by atoms with Gasteiger partial charge in [0.1, 0.15) is 5.92 Å². The lowest BCUT2D eigenvalue weighted by molar-refractivity contribution is -0.149. The molecule has 0 radical (unpaired) electrons. The number of rotatable bonds is 3. The molecule has 6 heteroatoms. The predicted molar refractivity (Wildman–Crippen MR) is 135 cm³/mol. The number of nitrogens with zero attached hydrogens (tertiary/aromatic N) is 3. The fourth-order valence-electron chi connectivity index (χ4n) is 8.83. The maximum atomic E-state index is 13.5. The third kappa shape index (κ3) is 3.39. The zero-order chi connectivity index (χ0) is 24.5. The molecule has 2 aromatic rings. The third-order valence-corrected chi connectivity index (χ3v) is 10.3. The molecule has 0 spiro atoms. The van der Waals surface area contributed by atoms with Crippen molar-refractivity contribution in [3.8, 4) is 0 Å². The minimum absolute atomic E-state index is 0.0655. The van der Waals surface area contributed by atoms with Crippen molar-refractivity contribution < 1.29 is 9.59 Å². The standard InChI is InChI=1S/C29H38N4O2/c1-18-14-21-23-9-7-11-28(23,2)12-10-24(21)29(3)16-22(27(35)32(4)25(18)29)26(34)30-17-19-15-20-8-5-6-13-33(20)31-19/h5-6,8,13,15,21-24H,7,9-12,14,16-17H2,1-4H3,(H,30,34)/t21-,22?,23-,24+,28-,29+/m0/s1. The predicted octanol–water partition coefficient (Wildman–Crippen LogP) is 4.95. The number of hydrogen-bond acceptors (Lipinski definition) is 3. The summed E-state index contributed by atoms with van der Waals surface area (Å²) in [4.78, 5) is 28.7. The van der Waals surface area contributed by atoms with Crippen LogP contribution in [-0.2, 0) is 16.1 Å². The molecule has 0 bridgehead atoms. The molecule has 2 amide bonds. The van der Waals surface area contributed by atoms with Gasteiger partial charge < -0.3 is 10.2 Å². The number of fused-ring (bicyclic) bond motifs is 6. The Bertz CT molecular complexity index is 1200. The molecule has 1 N–H and O–H groups in total. The Morgan fingerprint density at radius 2 is 2.03 bits per heavy atom. The topological polar surface area (TPSA) is 66.7 Å². The molecule has 35 heavy (non-hydrogen) atoms. The van der Waals surface area contributed by atoms with E-state index < -0.39 is 5.92 Å². The number of allylic oxidation sites excluding steroid dienone is 2. The number of carbonyl (C=O) groups excluding carboxylic acids is 2. The van der Waals surface area contributed by atoms with Crippen LogP contribution in [0, 0.1) is 34.5 Å². The van der Waals surface area contributed by atoms with Gasteiger partial charge in [0.25, 0.3) is 0 Å². The summed E-state index contributed by atoms with van der Waals surface area (Å²) in [6, 6.07) is 7.88. The van der Waals surface area contributed by atoms with Crippen molar-refractivity contribution in [3.05, 3.63) is 47.4 Å². The number of nitrogens with one attached hydrogen (secondary N) is 1. The second-order valence-corrected chi connectivity index (χ2v) is 12.3. The molecular formula is C29H38N4O2. The normalized spacial score (nSPS) is 36.7. The molecule has 6 atom stereocenters. The second-order valence-electron chi connectivity index (χ2n) is 12.3. The molecule has 2 saturated carbocycles. The van der Waals surface area contributed by atoms with Crippen LogP contribution in [0.1, 0.15) is 71.4 Å². The lowest BCUT2D eigenvalue weighted by Gasteiger charge is -2.59. The van der Waals surface area contributed by atoms with E-state index in [1.807, 2.05) is 46.9 Å². The van der Waals surface area contributed by atoms with Crippen molar-refractivity contribution in [3.63, 3.8) is 0 Å². The molecule has 3 fully saturated rings. The van der Waals surface area contributed by atoms with Crippen molar-refractivity contribution in [1.82, 2.24) is 19.8 Å². The first-order valence-corrected chi connectivity index (χ1v) is 13.4. The van der Waals surface area contributed by atoms with Crippen LogP contribution < -0.4 is 5.32 Å². The fourth-order valence-corrected chi connectivity index (χ4v) is 8.83. The summed E-state index contributed by atoms with van der Waals surface area (Å²) in [5.74, 6) is 1.12. The van der Waals surface area contributed by atoms with Crippen molar-refractivity contribution in [2.75, 3.05) is 7.05 Å². The summed E-state index contributed by atoms with van der Waals surface area (Å²) in [7, 11) is 1.89. The summed E-state index contributed by atoms with van der Waals surface area (Å²) in [6.07, 6.45) is 10.2. The number of carbonyl (C=O) groups is 2. The third-order valence-electron chi connectivity index (χ3n) is 10.3. The Morgan fingerprint density at radius 3 is 2.83 bits per heavy atom. The van der Waals surface area contributed by atoms with Gasteiger partial charge in [0.15, 0.2) is 0 Å². The van der Waals surface area contributed by atoms with Gasteiger partial charge >= 0.3 is 0 Å². The van der Waals surface area contributed by atoms with E-state index in [2.05, 4.69) is 31.2 Å². The van der Waals surface area contributed by atoms with Gasteiger partial charge in [-0.15, -0.1) is 0 Å². The summed E-state index contributed by atoms with van der Waals surface area (Å²) >= 11 is 0. The van der Waals surface area contributed by atoms with Crippen molar-refractivity contribution >= 4 is 17.3 Å². The molecule has 3 heterocycles. The Hall–Kier alpha value is -2.63. The average molecular weight is 475 g/mol. The van der Waals surface area contributed by atoms with Crippen molar-refractivity contribution in [1.29, 1.82) is 0 Å². The van der Waals surface area contributed by atoms with E-state index >= 15 is 0 Å². The highest BCUT2D eigenvalue weighted by Gasteiger charge is 2.60. The van der Waals surface area contributed by atoms with Crippen LogP contribution in [0.5, 0.6) is 0 Å². The number of likely N-dealkylation sites (tertiary alicyclic amines) is 1. The molecule has 6 rings (SSSR count). The van der Waals surface area contributed by atoms with Crippen molar-refractivity contribution in [2.24, 2.45) is 34.5 Å². The first-order chi connectivity index (χ1) is 16.7. The number of aromatic nitrogens is 2. The van der Waals surface area contributed by atoms with E-state index in [0.29, 0.717) is 30.2 Å². The molecule has 1 aliphatic heterocycles. The summed E-state index contributed by atoms with van der Waals surface area (Å²) in [5.41, 5.74) is 4.71. The Balaban J connectivity index is 1.26. The van der Waals surface area contributed by atoms with E-state index in [0.717, 1.165) is 23.5 Å². The van der Waals surface area contributed by atoms with E-state index in [9.17, 15) is 9.59 Å². The molecule has 1 unspecified atom stereocenters. The molecule has 3 aliphatic carbocycles. The summed E-state index contributed by atoms with van der Waals surface area (Å²) < 4.78 is 1.81. The maximum Gasteiger partial charge on any atom is 0.239 e. The fraction of sp³-hybridized carbons (Fsp3) is 0.621. The highest BCUT2D eigenvalue weighted by atomic mass is 16.2. The van der Waals surface area contributed by atoms with Crippen LogP contribution in [0.2, 0.25) is 0 Å². The molecule has 0 aromatic carbocycles. The SMILES string of the molecule is CC1=C2N(C)C(=O)C(C(=O)NCc3cc4ccccn4n3)C[C@]2(C)[C@@H]2CC[C@]3(C)CCC[C@H]3[C@@H]2C1. The largest absolute Gasteiger partial charge is 0.350 e. The van der Waals surface area contributed by atoms with Gasteiger partial charge in [-0.25, -0.2) is 4.52 Å². The van der Waals surface area contributed by atoms with Gasteiger partial charge in [-0.05, 0) is 86.8 Å². The molecule has 2 aromatic heterocycles. The number of amides is 2. The summed E-state index contributed by atoms with van der Waals surface area (Å²) in [6.45, 7) is 7.44.